The average molecular weight is 314 g/mol. The average Bonchev–Trinajstić information content (AvgIpc) is 2.90. The number of ether oxygens (including phenoxy) is 2. The Kier molecular flexibility index (Phi) is 4.57. The van der Waals surface area contributed by atoms with E-state index in [1.807, 2.05) is 13.8 Å². The predicted molar refractivity (Wildman–Crippen MR) is 80.7 cm³/mol. The van der Waals surface area contributed by atoms with Gasteiger partial charge in [0.05, 0.1) is 12.3 Å². The number of hydrogen-bond acceptors (Lipinski definition) is 5. The van der Waals surface area contributed by atoms with Gasteiger partial charge in [-0.1, -0.05) is 0 Å². The van der Waals surface area contributed by atoms with E-state index < -0.39 is 15.6 Å². The van der Waals surface area contributed by atoms with Gasteiger partial charge in [-0.05, 0) is 37.1 Å². The summed E-state index contributed by atoms with van der Waals surface area (Å²) < 4.78 is 38.2. The van der Waals surface area contributed by atoms with Gasteiger partial charge < -0.3 is 15.2 Å². The molecule has 0 aromatic heterocycles. The second-order valence-electron chi connectivity index (χ2n) is 5.49. The van der Waals surface area contributed by atoms with Crippen molar-refractivity contribution in [2.24, 2.45) is 0 Å². The number of anilines is 1. The number of hydrogen-bond donors (Lipinski definition) is 2. The lowest BCUT2D eigenvalue weighted by molar-refractivity contribution is -0.0120. The summed E-state index contributed by atoms with van der Waals surface area (Å²) in [4.78, 5) is 0.107. The summed E-state index contributed by atoms with van der Waals surface area (Å²) in [6.07, 6.45) is 0.661. The van der Waals surface area contributed by atoms with E-state index in [1.54, 1.807) is 19.2 Å². The summed E-state index contributed by atoms with van der Waals surface area (Å²) in [5.74, 6) is 0. The second kappa shape index (κ2) is 5.92. The van der Waals surface area contributed by atoms with Crippen molar-refractivity contribution < 1.29 is 17.9 Å². The van der Waals surface area contributed by atoms with E-state index in [4.69, 9.17) is 15.2 Å². The number of benzene rings is 1. The Morgan fingerprint density at radius 2 is 2.05 bits per heavy atom. The quantitative estimate of drug-likeness (QED) is 0.790. The van der Waals surface area contributed by atoms with Crippen LogP contribution in [0.4, 0.5) is 5.69 Å². The van der Waals surface area contributed by atoms with E-state index in [2.05, 4.69) is 4.72 Å². The van der Waals surface area contributed by atoms with Crippen molar-refractivity contribution >= 4 is 15.7 Å². The zero-order chi connectivity index (χ0) is 15.7. The van der Waals surface area contributed by atoms with E-state index in [0.29, 0.717) is 19.6 Å². The highest BCUT2D eigenvalue weighted by Gasteiger charge is 2.36. The summed E-state index contributed by atoms with van der Waals surface area (Å²) in [5, 5.41) is 0. The van der Waals surface area contributed by atoms with Crippen LogP contribution in [0.2, 0.25) is 0 Å². The summed E-state index contributed by atoms with van der Waals surface area (Å²) >= 11 is 0. The van der Waals surface area contributed by atoms with Gasteiger partial charge in [0.1, 0.15) is 10.5 Å². The van der Waals surface area contributed by atoms with Crippen LogP contribution in [0.15, 0.2) is 17.0 Å². The zero-order valence-electron chi connectivity index (χ0n) is 12.6. The molecule has 1 saturated heterocycles. The van der Waals surface area contributed by atoms with E-state index >= 15 is 0 Å². The van der Waals surface area contributed by atoms with Crippen LogP contribution in [-0.4, -0.2) is 40.9 Å². The molecular weight excluding hydrogens is 292 g/mol. The van der Waals surface area contributed by atoms with Crippen molar-refractivity contribution in [1.82, 2.24) is 4.72 Å². The molecule has 1 fully saturated rings. The molecule has 0 radical (unpaired) electrons. The lowest BCUT2D eigenvalue weighted by Gasteiger charge is -2.26. The monoisotopic (exact) mass is 314 g/mol. The Balaban J connectivity index is 2.21. The van der Waals surface area contributed by atoms with Crippen LogP contribution in [0.1, 0.15) is 17.5 Å². The van der Waals surface area contributed by atoms with Crippen molar-refractivity contribution in [3.05, 3.63) is 23.3 Å². The van der Waals surface area contributed by atoms with Gasteiger partial charge in [-0.2, -0.15) is 0 Å². The number of rotatable bonds is 5. The molecule has 1 heterocycles. The maximum atomic E-state index is 12.4. The Morgan fingerprint density at radius 1 is 1.38 bits per heavy atom. The Hall–Kier alpha value is -1.15. The van der Waals surface area contributed by atoms with Crippen LogP contribution in [0.3, 0.4) is 0 Å². The maximum Gasteiger partial charge on any atom is 0.242 e. The smallest absolute Gasteiger partial charge is 0.242 e. The third-order valence-corrected chi connectivity index (χ3v) is 5.46. The molecule has 1 aromatic carbocycles. The molecular formula is C14H22N2O4S. The molecule has 1 atom stereocenters. The van der Waals surface area contributed by atoms with Crippen LogP contribution in [0.25, 0.3) is 0 Å². The van der Waals surface area contributed by atoms with Crippen LogP contribution < -0.4 is 10.5 Å². The highest BCUT2D eigenvalue weighted by atomic mass is 32.2. The Labute approximate surface area is 125 Å². The highest BCUT2D eigenvalue weighted by molar-refractivity contribution is 7.89. The molecule has 1 aliphatic rings. The molecule has 6 nitrogen and oxygen atoms in total. The largest absolute Gasteiger partial charge is 0.398 e. The van der Waals surface area contributed by atoms with Crippen LogP contribution in [-0.2, 0) is 19.5 Å². The van der Waals surface area contributed by atoms with Gasteiger partial charge in [0.15, 0.2) is 0 Å². The lowest BCUT2D eigenvalue weighted by atomic mass is 10.0. The summed E-state index contributed by atoms with van der Waals surface area (Å²) in [7, 11) is -2.11. The SMILES string of the molecule is COC1(CNS(=O)(=O)c2cc(C)c(C)cc2N)CCOC1. The first-order valence-corrected chi connectivity index (χ1v) is 8.27. The first-order chi connectivity index (χ1) is 9.80. The van der Waals surface area contributed by atoms with Gasteiger partial charge >= 0.3 is 0 Å². The number of aryl methyl sites for hydroxylation is 2. The molecule has 1 unspecified atom stereocenters. The molecule has 0 aliphatic carbocycles. The molecule has 2 rings (SSSR count). The van der Waals surface area contributed by atoms with Gasteiger partial charge in [0.25, 0.3) is 0 Å². The standard InChI is InChI=1S/C14H22N2O4S/c1-10-6-12(15)13(7-11(10)2)21(17,18)16-8-14(19-3)4-5-20-9-14/h6-7,16H,4-5,8-9,15H2,1-3H3. The minimum Gasteiger partial charge on any atom is -0.398 e. The van der Waals surface area contributed by atoms with E-state index in [1.165, 1.54) is 0 Å². The van der Waals surface area contributed by atoms with Gasteiger partial charge in [-0.3, -0.25) is 0 Å². The topological polar surface area (TPSA) is 90.7 Å². The second-order valence-corrected chi connectivity index (χ2v) is 7.22. The number of sulfonamides is 1. The fraction of sp³-hybridized carbons (Fsp3) is 0.571. The van der Waals surface area contributed by atoms with Crippen molar-refractivity contribution in [1.29, 1.82) is 0 Å². The minimum atomic E-state index is -3.68. The Bertz CT molecular complexity index is 622. The molecule has 0 amide bonds. The van der Waals surface area contributed by atoms with Gasteiger partial charge in [-0.25, -0.2) is 13.1 Å². The fourth-order valence-electron chi connectivity index (χ4n) is 2.31. The van der Waals surface area contributed by atoms with Crippen LogP contribution >= 0.6 is 0 Å². The third kappa shape index (κ3) is 3.37. The number of nitrogen functional groups attached to an aromatic ring is 1. The minimum absolute atomic E-state index is 0.107. The predicted octanol–water partition coefficient (Wildman–Crippen LogP) is 0.969. The van der Waals surface area contributed by atoms with Crippen molar-refractivity contribution in [2.45, 2.75) is 30.8 Å². The molecule has 0 bridgehead atoms. The maximum absolute atomic E-state index is 12.4. The normalized spacial score (nSPS) is 22.6. The number of methoxy groups -OCH3 is 1. The lowest BCUT2D eigenvalue weighted by Crippen LogP contribution is -2.45. The highest BCUT2D eigenvalue weighted by Crippen LogP contribution is 2.25. The molecule has 1 aromatic rings. The van der Waals surface area contributed by atoms with E-state index in [0.717, 1.165) is 11.1 Å². The van der Waals surface area contributed by atoms with Crippen molar-refractivity contribution in [2.75, 3.05) is 32.6 Å². The number of nitrogens with one attached hydrogen (secondary N) is 1. The first kappa shape index (κ1) is 16.2. The summed E-state index contributed by atoms with van der Waals surface area (Å²) in [6.45, 7) is 4.87. The summed E-state index contributed by atoms with van der Waals surface area (Å²) in [6, 6.07) is 3.27. The fourth-order valence-corrected chi connectivity index (χ4v) is 3.62. The van der Waals surface area contributed by atoms with Gasteiger partial charge in [0, 0.05) is 26.7 Å². The molecule has 7 heteroatoms. The zero-order valence-corrected chi connectivity index (χ0v) is 13.4. The molecule has 21 heavy (non-hydrogen) atoms. The molecule has 1 aliphatic heterocycles. The van der Waals surface area contributed by atoms with E-state index in [9.17, 15) is 8.42 Å². The molecule has 3 N–H and O–H groups in total. The van der Waals surface area contributed by atoms with Gasteiger partial charge in [0.2, 0.25) is 10.0 Å². The van der Waals surface area contributed by atoms with Crippen LogP contribution in [0.5, 0.6) is 0 Å². The molecule has 118 valence electrons. The molecule has 0 saturated carbocycles. The third-order valence-electron chi connectivity index (χ3n) is 4.00. The van der Waals surface area contributed by atoms with E-state index in [-0.39, 0.29) is 17.1 Å². The first-order valence-electron chi connectivity index (χ1n) is 6.79. The van der Waals surface area contributed by atoms with Crippen LogP contribution in [0, 0.1) is 13.8 Å². The van der Waals surface area contributed by atoms with Crippen molar-refractivity contribution in [3.8, 4) is 0 Å². The molecule has 0 spiro atoms. The number of nitrogens with two attached hydrogens (primary N) is 1. The van der Waals surface area contributed by atoms with Gasteiger partial charge in [-0.15, -0.1) is 0 Å². The Morgan fingerprint density at radius 3 is 2.62 bits per heavy atom. The summed E-state index contributed by atoms with van der Waals surface area (Å²) in [5.41, 5.74) is 7.35. The van der Waals surface area contributed by atoms with Crippen molar-refractivity contribution in [3.63, 3.8) is 0 Å².